The average molecular weight is 1180 g/mol. The summed E-state index contributed by atoms with van der Waals surface area (Å²) in [6.45, 7) is 4.50. The van der Waals surface area contributed by atoms with Gasteiger partial charge < -0.3 is 34.2 Å². The largest absolute Gasteiger partial charge is 0.493 e. The normalized spacial score (nSPS) is 12.9. The number of methoxy groups -OCH3 is 2. The Kier molecular flexibility index (Phi) is 16.1. The van der Waals surface area contributed by atoms with Crippen LogP contribution in [0.5, 0.6) is 11.5 Å². The number of aromatic nitrogens is 9. The van der Waals surface area contributed by atoms with Gasteiger partial charge >= 0.3 is 0 Å². The number of amides is 2. The molecule has 0 radical (unpaired) electrons. The Morgan fingerprint density at radius 1 is 0.459 bits per heavy atom. The molecule has 0 fully saturated rings. The number of rotatable bonds is 8. The van der Waals surface area contributed by atoms with Crippen LogP contribution in [0.25, 0.3) is 76.3 Å². The standard InChI is InChI=1S/C24H22N4O4S.C22H18N4O2S.C18H13N3OS/c1-31-18-11-14-6-9-28(10-7-15(14)12-19(18)32-2)24(30)16-13-33-21-20(16)26-22(27-23(21)29)17-5-3-4-8-25-17;27-21-19-18(24-20(25-21)17-7-3-4-10-23-17)16(13-29-19)22(28)26-11-8-14-5-1-2-6-15(14)9-12-26;1-11-6-2-3-7-12(11)13-10-23-16-15(13)20-17(21-18(16)22)14-8-4-5-9-19-14/h3-5,8,11-13H,6-7,9-10H2,1-2H3,(H,26,27,29);1-7,10,13H,8-9,11-12H2,(H,24,25,27);2-10H,1H3,(H,20,21,22). The Bertz CT molecular complexity index is 4580. The number of nitrogens with one attached hydrogen (secondary N) is 3. The summed E-state index contributed by atoms with van der Waals surface area (Å²) in [5.74, 6) is 2.39. The summed E-state index contributed by atoms with van der Waals surface area (Å²) in [6, 6.07) is 36.8. The highest BCUT2D eigenvalue weighted by molar-refractivity contribution is 7.18. The summed E-state index contributed by atoms with van der Waals surface area (Å²) in [6.07, 6.45) is 8.04. The van der Waals surface area contributed by atoms with Gasteiger partial charge in [-0.3, -0.25) is 38.9 Å². The summed E-state index contributed by atoms with van der Waals surface area (Å²) < 4.78 is 12.4. The van der Waals surface area contributed by atoms with Crippen LogP contribution in [0.2, 0.25) is 0 Å². The molecule has 12 aromatic rings. The molecule has 0 atom stereocenters. The number of hydrogen-bond donors (Lipinski definition) is 3. The van der Waals surface area contributed by atoms with Gasteiger partial charge in [-0.05, 0) is 115 Å². The molecular weight excluding hydrogens is 1130 g/mol. The van der Waals surface area contributed by atoms with Crippen molar-refractivity contribution in [1.29, 1.82) is 0 Å². The molecular formula is C64H53N11O7S3. The van der Waals surface area contributed by atoms with Crippen molar-refractivity contribution < 1.29 is 19.1 Å². The molecule has 2 aliphatic rings. The zero-order valence-electron chi connectivity index (χ0n) is 46.3. The second-order valence-electron chi connectivity index (χ2n) is 20.0. The number of pyridine rings is 3. The summed E-state index contributed by atoms with van der Waals surface area (Å²) in [5, 5.41) is 5.47. The van der Waals surface area contributed by atoms with Crippen molar-refractivity contribution in [1.82, 2.24) is 54.7 Å². The molecule has 0 unspecified atom stereocenters. The van der Waals surface area contributed by atoms with Gasteiger partial charge in [-0.15, -0.1) is 34.0 Å². The summed E-state index contributed by atoms with van der Waals surface area (Å²) in [7, 11) is 3.23. The van der Waals surface area contributed by atoms with Crippen LogP contribution in [0.15, 0.2) is 164 Å². The third-order valence-electron chi connectivity index (χ3n) is 14.9. The minimum atomic E-state index is -0.271. The molecule has 9 aromatic heterocycles. The van der Waals surface area contributed by atoms with E-state index < -0.39 is 0 Å². The quantitative estimate of drug-likeness (QED) is 0.129. The highest BCUT2D eigenvalue weighted by Crippen LogP contribution is 2.35. The van der Waals surface area contributed by atoms with E-state index in [0.717, 1.165) is 46.2 Å². The number of fused-ring (bicyclic) bond motifs is 5. The van der Waals surface area contributed by atoms with E-state index in [1.165, 1.54) is 45.1 Å². The molecule has 0 aliphatic carbocycles. The number of hydrogen-bond acceptors (Lipinski definition) is 16. The Morgan fingerprint density at radius 3 is 1.25 bits per heavy atom. The molecule has 3 N–H and O–H groups in total. The van der Waals surface area contributed by atoms with Crippen molar-refractivity contribution in [2.24, 2.45) is 0 Å². The van der Waals surface area contributed by atoms with Crippen LogP contribution in [0.4, 0.5) is 0 Å². The van der Waals surface area contributed by atoms with Gasteiger partial charge in [-0.25, -0.2) is 15.0 Å². The Hall–Kier alpha value is -9.83. The third-order valence-corrected chi connectivity index (χ3v) is 17.8. The lowest BCUT2D eigenvalue weighted by atomic mass is 10.0. The number of carbonyl (C=O) groups excluding carboxylic acids is 2. The number of aryl methyl sites for hydroxylation is 1. The number of H-pyrrole nitrogens is 3. The average Bonchev–Trinajstić information content (AvgIpc) is 2.89. The second kappa shape index (κ2) is 24.6. The fourth-order valence-electron chi connectivity index (χ4n) is 10.5. The van der Waals surface area contributed by atoms with Crippen molar-refractivity contribution in [3.05, 3.63) is 220 Å². The number of thiophene rings is 3. The number of nitrogens with zero attached hydrogens (tertiary/aromatic N) is 8. The number of benzene rings is 3. The fraction of sp³-hybridized carbons (Fsp3) is 0.172. The van der Waals surface area contributed by atoms with Crippen LogP contribution in [0.1, 0.15) is 48.5 Å². The summed E-state index contributed by atoms with van der Waals surface area (Å²) in [4.78, 5) is 103. The monoisotopic (exact) mass is 1180 g/mol. The maximum Gasteiger partial charge on any atom is 0.269 e. The molecule has 2 amide bonds. The first kappa shape index (κ1) is 55.7. The molecule has 21 heteroatoms. The molecule has 14 rings (SSSR count). The van der Waals surface area contributed by atoms with Crippen molar-refractivity contribution in [2.75, 3.05) is 40.4 Å². The molecule has 0 bridgehead atoms. The van der Waals surface area contributed by atoms with E-state index >= 15 is 0 Å². The van der Waals surface area contributed by atoms with Crippen molar-refractivity contribution in [2.45, 2.75) is 32.6 Å². The topological polar surface area (TPSA) is 235 Å². The van der Waals surface area contributed by atoms with Gasteiger partial charge in [0.1, 0.15) is 42.2 Å². The molecule has 3 aromatic carbocycles. The van der Waals surface area contributed by atoms with Gasteiger partial charge in [0.05, 0.1) is 30.9 Å². The highest BCUT2D eigenvalue weighted by Gasteiger charge is 2.27. The molecule has 2 aliphatic heterocycles. The van der Waals surface area contributed by atoms with Crippen LogP contribution < -0.4 is 26.2 Å². The first-order valence-corrected chi connectivity index (χ1v) is 29.9. The zero-order chi connectivity index (χ0) is 58.6. The molecule has 18 nitrogen and oxygen atoms in total. The minimum absolute atomic E-state index is 0.0749. The SMILES string of the molecule is COc1cc2c(cc1OC)CCN(C(=O)c1csc3c(=O)[nH]c(-c4ccccn4)nc13)CC2.Cc1ccccc1-c1csc2c(=O)[nH]c(-c3ccccn3)nc12.O=C(c1csc2c(=O)[nH]c(-c3ccccn3)nc12)N1CCc2ccccc2CC1. The van der Waals surface area contributed by atoms with E-state index in [0.29, 0.717) is 121 Å². The van der Waals surface area contributed by atoms with Crippen LogP contribution in [0, 0.1) is 6.92 Å². The fourth-order valence-corrected chi connectivity index (χ4v) is 13.1. The van der Waals surface area contributed by atoms with Crippen LogP contribution >= 0.6 is 34.0 Å². The van der Waals surface area contributed by atoms with E-state index in [2.05, 4.69) is 76.0 Å². The molecule has 424 valence electrons. The van der Waals surface area contributed by atoms with Crippen molar-refractivity contribution in [3.63, 3.8) is 0 Å². The molecule has 85 heavy (non-hydrogen) atoms. The van der Waals surface area contributed by atoms with E-state index in [1.807, 2.05) is 81.9 Å². The molecule has 0 spiro atoms. The maximum absolute atomic E-state index is 13.5. The third kappa shape index (κ3) is 11.5. The van der Waals surface area contributed by atoms with Gasteiger partial charge in [-0.1, -0.05) is 66.7 Å². The number of aromatic amines is 3. The van der Waals surface area contributed by atoms with Crippen molar-refractivity contribution >= 4 is 76.5 Å². The predicted octanol–water partition coefficient (Wildman–Crippen LogP) is 10.6. The van der Waals surface area contributed by atoms with Gasteiger partial charge in [0.2, 0.25) is 0 Å². The summed E-state index contributed by atoms with van der Waals surface area (Å²) >= 11 is 3.91. The number of ether oxygens (including phenoxy) is 2. The minimum Gasteiger partial charge on any atom is -0.493 e. The molecule has 0 saturated carbocycles. The lowest BCUT2D eigenvalue weighted by Gasteiger charge is -2.19. The lowest BCUT2D eigenvalue weighted by molar-refractivity contribution is 0.0757. The Labute approximate surface area is 497 Å². The van der Waals surface area contributed by atoms with Gasteiger partial charge in [0.15, 0.2) is 29.0 Å². The van der Waals surface area contributed by atoms with Gasteiger partial charge in [0.25, 0.3) is 28.5 Å². The maximum atomic E-state index is 13.5. The predicted molar refractivity (Wildman–Crippen MR) is 333 cm³/mol. The first-order valence-electron chi connectivity index (χ1n) is 27.3. The number of carbonyl (C=O) groups is 2. The van der Waals surface area contributed by atoms with E-state index in [4.69, 9.17) is 9.47 Å². The zero-order valence-corrected chi connectivity index (χ0v) is 48.7. The smallest absolute Gasteiger partial charge is 0.269 e. The van der Waals surface area contributed by atoms with Gasteiger partial charge in [0, 0.05) is 66.5 Å². The lowest BCUT2D eigenvalue weighted by Crippen LogP contribution is -2.33. The Morgan fingerprint density at radius 2 is 0.835 bits per heavy atom. The first-order chi connectivity index (χ1) is 41.5. The van der Waals surface area contributed by atoms with Crippen molar-refractivity contribution in [3.8, 4) is 57.2 Å². The van der Waals surface area contributed by atoms with E-state index in [-0.39, 0.29) is 28.5 Å². The van der Waals surface area contributed by atoms with Gasteiger partial charge in [-0.2, -0.15) is 0 Å². The van der Waals surface area contributed by atoms with E-state index in [1.54, 1.807) is 67.8 Å². The second-order valence-corrected chi connectivity index (χ2v) is 22.7. The Balaban J connectivity index is 0.000000127. The van der Waals surface area contributed by atoms with Crippen LogP contribution in [0.3, 0.4) is 0 Å². The van der Waals surface area contributed by atoms with Crippen LogP contribution in [-0.2, 0) is 25.7 Å². The molecule has 0 saturated heterocycles. The van der Waals surface area contributed by atoms with E-state index in [9.17, 15) is 24.0 Å². The summed E-state index contributed by atoms with van der Waals surface area (Å²) in [5.41, 5.74) is 11.8. The highest BCUT2D eigenvalue weighted by atomic mass is 32.1. The van der Waals surface area contributed by atoms with Crippen LogP contribution in [-0.4, -0.2) is 107 Å². The molecule has 11 heterocycles.